The SMILES string of the molecule is O=C(O)Cc1nc(-c2cccnc2)sc1Br. The number of hydrogen-bond donors (Lipinski definition) is 1. The smallest absolute Gasteiger partial charge is 0.309 e. The van der Waals surface area contributed by atoms with Crippen molar-refractivity contribution in [2.45, 2.75) is 6.42 Å². The van der Waals surface area contributed by atoms with Crippen LogP contribution in [0.4, 0.5) is 0 Å². The van der Waals surface area contributed by atoms with E-state index in [1.54, 1.807) is 12.4 Å². The van der Waals surface area contributed by atoms with Crippen molar-refractivity contribution in [2.75, 3.05) is 0 Å². The van der Waals surface area contributed by atoms with Crippen LogP contribution in [0.2, 0.25) is 0 Å². The van der Waals surface area contributed by atoms with Crippen LogP contribution in [0, 0.1) is 0 Å². The molecule has 0 aliphatic rings. The molecule has 2 aromatic rings. The number of halogens is 1. The van der Waals surface area contributed by atoms with E-state index in [0.29, 0.717) is 5.69 Å². The first kappa shape index (κ1) is 11.2. The third-order valence-corrected chi connectivity index (χ3v) is 3.76. The average molecular weight is 299 g/mol. The van der Waals surface area contributed by atoms with Crippen molar-refractivity contribution in [1.82, 2.24) is 9.97 Å². The molecule has 82 valence electrons. The molecule has 2 heterocycles. The lowest BCUT2D eigenvalue weighted by Gasteiger charge is -1.92. The number of aliphatic carboxylic acids is 1. The Labute approximate surface area is 104 Å². The minimum absolute atomic E-state index is 0.0721. The number of hydrogen-bond acceptors (Lipinski definition) is 4. The van der Waals surface area contributed by atoms with Gasteiger partial charge in [0.2, 0.25) is 0 Å². The fourth-order valence-corrected chi connectivity index (χ4v) is 2.69. The van der Waals surface area contributed by atoms with Gasteiger partial charge in [0.1, 0.15) is 5.01 Å². The molecule has 2 aromatic heterocycles. The predicted octanol–water partition coefficient (Wildman–Crippen LogP) is 2.59. The fraction of sp³-hybridized carbons (Fsp3) is 0.100. The second-order valence-corrected chi connectivity index (χ2v) is 5.37. The molecule has 0 fully saturated rings. The molecule has 0 aliphatic heterocycles. The van der Waals surface area contributed by atoms with Crippen molar-refractivity contribution in [3.8, 4) is 10.6 Å². The zero-order chi connectivity index (χ0) is 11.5. The Morgan fingerprint density at radius 1 is 1.56 bits per heavy atom. The molecule has 0 atom stereocenters. The summed E-state index contributed by atoms with van der Waals surface area (Å²) in [5.74, 6) is -0.885. The molecule has 16 heavy (non-hydrogen) atoms. The van der Waals surface area contributed by atoms with Crippen LogP contribution in [0.15, 0.2) is 28.3 Å². The van der Waals surface area contributed by atoms with E-state index in [0.717, 1.165) is 14.4 Å². The van der Waals surface area contributed by atoms with E-state index in [4.69, 9.17) is 5.11 Å². The van der Waals surface area contributed by atoms with Crippen molar-refractivity contribution in [3.05, 3.63) is 34.0 Å². The third kappa shape index (κ3) is 2.45. The normalized spacial score (nSPS) is 10.3. The highest BCUT2D eigenvalue weighted by Crippen LogP contribution is 2.31. The van der Waals surface area contributed by atoms with Crippen molar-refractivity contribution in [1.29, 1.82) is 0 Å². The topological polar surface area (TPSA) is 63.1 Å². The molecule has 6 heteroatoms. The number of thiazole rings is 1. The first-order valence-electron chi connectivity index (χ1n) is 4.44. The highest BCUT2D eigenvalue weighted by Gasteiger charge is 2.13. The van der Waals surface area contributed by atoms with Crippen molar-refractivity contribution in [3.63, 3.8) is 0 Å². The standard InChI is InChI=1S/C10H7BrN2O2S/c11-9-7(4-8(14)15)13-10(16-9)6-2-1-3-12-5-6/h1-3,5H,4H2,(H,14,15). The number of carbonyl (C=O) groups is 1. The highest BCUT2D eigenvalue weighted by atomic mass is 79.9. The number of nitrogens with zero attached hydrogens (tertiary/aromatic N) is 2. The average Bonchev–Trinajstić information content (AvgIpc) is 2.61. The maximum absolute atomic E-state index is 10.6. The molecule has 0 saturated heterocycles. The molecular formula is C10H7BrN2O2S. The Balaban J connectivity index is 2.34. The fourth-order valence-electron chi connectivity index (χ4n) is 1.20. The second-order valence-electron chi connectivity index (χ2n) is 3.05. The largest absolute Gasteiger partial charge is 0.481 e. The molecule has 0 aromatic carbocycles. The molecule has 0 spiro atoms. The number of carboxylic acids is 1. The minimum atomic E-state index is -0.885. The van der Waals surface area contributed by atoms with Crippen LogP contribution in [-0.2, 0) is 11.2 Å². The molecular weight excluding hydrogens is 292 g/mol. The summed E-state index contributed by atoms with van der Waals surface area (Å²) >= 11 is 4.73. The van der Waals surface area contributed by atoms with Crippen LogP contribution in [-0.4, -0.2) is 21.0 Å². The van der Waals surface area contributed by atoms with Crippen molar-refractivity contribution < 1.29 is 9.90 Å². The molecule has 0 aliphatic carbocycles. The number of pyridine rings is 1. The molecule has 0 amide bonds. The van der Waals surface area contributed by atoms with Crippen molar-refractivity contribution in [2.24, 2.45) is 0 Å². The quantitative estimate of drug-likeness (QED) is 0.946. The van der Waals surface area contributed by atoms with Gasteiger partial charge < -0.3 is 5.11 Å². The van der Waals surface area contributed by atoms with Gasteiger partial charge in [-0.2, -0.15) is 0 Å². The van der Waals surface area contributed by atoms with Gasteiger partial charge in [-0.1, -0.05) is 0 Å². The lowest BCUT2D eigenvalue weighted by atomic mass is 10.3. The van der Waals surface area contributed by atoms with Crippen LogP contribution in [0.1, 0.15) is 5.69 Å². The molecule has 0 bridgehead atoms. The van der Waals surface area contributed by atoms with Crippen LogP contribution < -0.4 is 0 Å². The zero-order valence-corrected chi connectivity index (χ0v) is 10.5. The Morgan fingerprint density at radius 2 is 2.38 bits per heavy atom. The van der Waals surface area contributed by atoms with E-state index >= 15 is 0 Å². The van der Waals surface area contributed by atoms with Gasteiger partial charge in [-0.15, -0.1) is 11.3 Å². The molecule has 2 rings (SSSR count). The second kappa shape index (κ2) is 4.71. The van der Waals surface area contributed by atoms with Gasteiger partial charge in [0, 0.05) is 18.0 Å². The molecule has 0 unspecified atom stereocenters. The number of rotatable bonds is 3. The Kier molecular flexibility index (Phi) is 3.31. The first-order chi connectivity index (χ1) is 7.66. The number of aromatic nitrogens is 2. The van der Waals surface area contributed by atoms with Crippen LogP contribution >= 0.6 is 27.3 Å². The maximum atomic E-state index is 10.6. The summed E-state index contributed by atoms with van der Waals surface area (Å²) < 4.78 is 0.758. The van der Waals surface area contributed by atoms with Gasteiger partial charge in [0.05, 0.1) is 15.9 Å². The minimum Gasteiger partial charge on any atom is -0.481 e. The summed E-state index contributed by atoms with van der Waals surface area (Å²) in [7, 11) is 0. The highest BCUT2D eigenvalue weighted by molar-refractivity contribution is 9.11. The van der Waals surface area contributed by atoms with E-state index < -0.39 is 5.97 Å². The summed E-state index contributed by atoms with van der Waals surface area (Å²) in [5, 5.41) is 9.48. The molecule has 0 saturated carbocycles. The van der Waals surface area contributed by atoms with Gasteiger partial charge in [-0.3, -0.25) is 9.78 Å². The summed E-state index contributed by atoms with van der Waals surface area (Å²) in [6.07, 6.45) is 3.32. The summed E-state index contributed by atoms with van der Waals surface area (Å²) in [5.41, 5.74) is 1.45. The molecule has 4 nitrogen and oxygen atoms in total. The Morgan fingerprint density at radius 3 is 3.00 bits per heavy atom. The lowest BCUT2D eigenvalue weighted by Crippen LogP contribution is -2.00. The van der Waals surface area contributed by atoms with Crippen LogP contribution in [0.25, 0.3) is 10.6 Å². The van der Waals surface area contributed by atoms with Gasteiger partial charge >= 0.3 is 5.97 Å². The summed E-state index contributed by atoms with van der Waals surface area (Å²) in [6.45, 7) is 0. The number of carboxylic acid groups (broad SMARTS) is 1. The van der Waals surface area contributed by atoms with Gasteiger partial charge in [-0.05, 0) is 28.1 Å². The third-order valence-electron chi connectivity index (χ3n) is 1.88. The predicted molar refractivity (Wildman–Crippen MR) is 64.4 cm³/mol. The van der Waals surface area contributed by atoms with Crippen LogP contribution in [0.3, 0.4) is 0 Å². The van der Waals surface area contributed by atoms with Gasteiger partial charge in [0.25, 0.3) is 0 Å². The van der Waals surface area contributed by atoms with Crippen LogP contribution in [0.5, 0.6) is 0 Å². The van der Waals surface area contributed by atoms with Crippen molar-refractivity contribution >= 4 is 33.2 Å². The first-order valence-corrected chi connectivity index (χ1v) is 6.05. The van der Waals surface area contributed by atoms with E-state index in [2.05, 4.69) is 25.9 Å². The van der Waals surface area contributed by atoms with E-state index in [1.165, 1.54) is 11.3 Å². The molecule has 0 radical (unpaired) electrons. The maximum Gasteiger partial charge on any atom is 0.309 e. The van der Waals surface area contributed by atoms with E-state index in [1.807, 2.05) is 12.1 Å². The lowest BCUT2D eigenvalue weighted by molar-refractivity contribution is -0.136. The Bertz CT molecular complexity index is 513. The van der Waals surface area contributed by atoms with Gasteiger partial charge in [-0.25, -0.2) is 4.98 Å². The van der Waals surface area contributed by atoms with Gasteiger partial charge in [0.15, 0.2) is 0 Å². The van der Waals surface area contributed by atoms with E-state index in [9.17, 15) is 4.79 Å². The Hall–Kier alpha value is -1.27. The summed E-state index contributed by atoms with van der Waals surface area (Å²) in [4.78, 5) is 18.9. The molecule has 1 N–H and O–H groups in total. The monoisotopic (exact) mass is 298 g/mol. The summed E-state index contributed by atoms with van der Waals surface area (Å²) in [6, 6.07) is 3.71. The zero-order valence-electron chi connectivity index (χ0n) is 8.05. The van der Waals surface area contributed by atoms with E-state index in [-0.39, 0.29) is 6.42 Å².